The van der Waals surface area contributed by atoms with E-state index in [1.54, 1.807) is 54.7 Å². The molecule has 0 aliphatic heterocycles. The van der Waals surface area contributed by atoms with Crippen molar-refractivity contribution in [1.82, 2.24) is 4.98 Å². The van der Waals surface area contributed by atoms with Crippen LogP contribution in [0, 0.1) is 0 Å². The summed E-state index contributed by atoms with van der Waals surface area (Å²) < 4.78 is 5.37. The molecule has 0 N–H and O–H groups in total. The molecule has 1 unspecified atom stereocenters. The van der Waals surface area contributed by atoms with E-state index in [4.69, 9.17) is 16.3 Å². The van der Waals surface area contributed by atoms with Gasteiger partial charge in [0.25, 0.3) is 0 Å². The SMILES string of the molecule is O=C(Oc1ccccc1Cl)C(C(=O)c1cccnc1)c1cccs1. The minimum absolute atomic E-state index is 0.227. The minimum atomic E-state index is -1.05. The summed E-state index contributed by atoms with van der Waals surface area (Å²) in [5, 5.41) is 2.12. The van der Waals surface area contributed by atoms with E-state index in [2.05, 4.69) is 4.98 Å². The molecule has 0 aliphatic rings. The lowest BCUT2D eigenvalue weighted by Crippen LogP contribution is -2.26. The number of halogens is 1. The normalized spacial score (nSPS) is 11.7. The van der Waals surface area contributed by atoms with E-state index in [1.807, 2.05) is 5.38 Å². The Morgan fingerprint density at radius 2 is 1.92 bits per heavy atom. The molecule has 2 aromatic heterocycles. The van der Waals surface area contributed by atoms with Gasteiger partial charge in [0.2, 0.25) is 0 Å². The first kappa shape index (κ1) is 16.4. The van der Waals surface area contributed by atoms with E-state index in [1.165, 1.54) is 17.5 Å². The molecule has 0 aliphatic carbocycles. The van der Waals surface area contributed by atoms with Gasteiger partial charge in [0.05, 0.1) is 5.02 Å². The average molecular weight is 358 g/mol. The van der Waals surface area contributed by atoms with Gasteiger partial charge in [0.15, 0.2) is 11.7 Å². The monoisotopic (exact) mass is 357 g/mol. The first-order valence-electron chi connectivity index (χ1n) is 7.10. The van der Waals surface area contributed by atoms with Crippen molar-refractivity contribution < 1.29 is 14.3 Å². The summed E-state index contributed by atoms with van der Waals surface area (Å²) in [6.45, 7) is 0. The molecule has 1 aromatic carbocycles. The molecule has 4 nitrogen and oxygen atoms in total. The first-order chi connectivity index (χ1) is 11.7. The molecule has 3 aromatic rings. The molecule has 1 atom stereocenters. The van der Waals surface area contributed by atoms with E-state index in [-0.39, 0.29) is 11.5 Å². The highest BCUT2D eigenvalue weighted by Gasteiger charge is 2.32. The molecule has 120 valence electrons. The van der Waals surface area contributed by atoms with Crippen molar-refractivity contribution in [2.24, 2.45) is 0 Å². The average Bonchev–Trinajstić information content (AvgIpc) is 3.12. The van der Waals surface area contributed by atoms with Crippen LogP contribution in [0.1, 0.15) is 21.2 Å². The number of carbonyl (C=O) groups is 2. The molecule has 24 heavy (non-hydrogen) atoms. The van der Waals surface area contributed by atoms with Crippen LogP contribution in [0.2, 0.25) is 5.02 Å². The number of thiophene rings is 1. The Bertz CT molecular complexity index is 850. The van der Waals surface area contributed by atoms with Gasteiger partial charge in [-0.3, -0.25) is 14.6 Å². The fraction of sp³-hybridized carbons (Fsp3) is 0.0556. The number of rotatable bonds is 5. The minimum Gasteiger partial charge on any atom is -0.424 e. The maximum atomic E-state index is 12.8. The highest BCUT2D eigenvalue weighted by atomic mass is 35.5. The quantitative estimate of drug-likeness (QED) is 0.294. The van der Waals surface area contributed by atoms with Gasteiger partial charge in [-0.1, -0.05) is 29.8 Å². The number of pyridine rings is 1. The van der Waals surface area contributed by atoms with Crippen molar-refractivity contribution in [3.63, 3.8) is 0 Å². The highest BCUT2D eigenvalue weighted by Crippen LogP contribution is 2.29. The van der Waals surface area contributed by atoms with Crippen LogP contribution < -0.4 is 4.74 Å². The van der Waals surface area contributed by atoms with Crippen LogP contribution in [0.5, 0.6) is 5.75 Å². The zero-order valence-corrected chi connectivity index (χ0v) is 14.0. The molecule has 0 saturated heterocycles. The number of aromatic nitrogens is 1. The van der Waals surface area contributed by atoms with E-state index < -0.39 is 11.9 Å². The van der Waals surface area contributed by atoms with Crippen LogP contribution in [0.15, 0.2) is 66.3 Å². The van der Waals surface area contributed by atoms with Gasteiger partial charge in [-0.2, -0.15) is 0 Å². The lowest BCUT2D eigenvalue weighted by Gasteiger charge is -2.14. The van der Waals surface area contributed by atoms with E-state index in [9.17, 15) is 9.59 Å². The van der Waals surface area contributed by atoms with Gasteiger partial charge in [-0.25, -0.2) is 0 Å². The molecule has 0 fully saturated rings. The van der Waals surface area contributed by atoms with Gasteiger partial charge in [0.1, 0.15) is 5.75 Å². The Morgan fingerprint density at radius 1 is 1.08 bits per heavy atom. The molecule has 2 heterocycles. The molecular weight excluding hydrogens is 346 g/mol. The third kappa shape index (κ3) is 3.53. The zero-order valence-electron chi connectivity index (χ0n) is 12.4. The Hall–Kier alpha value is -2.50. The number of ketones is 1. The number of carbonyl (C=O) groups excluding carboxylic acids is 2. The van der Waals surface area contributed by atoms with Crippen LogP contribution in [-0.2, 0) is 4.79 Å². The Balaban J connectivity index is 1.92. The van der Waals surface area contributed by atoms with Crippen LogP contribution in [0.3, 0.4) is 0 Å². The molecular formula is C18H12ClNO3S. The molecule has 0 bridgehead atoms. The molecule has 0 radical (unpaired) electrons. The largest absolute Gasteiger partial charge is 0.424 e. The number of esters is 1. The van der Waals surface area contributed by atoms with Gasteiger partial charge in [-0.15, -0.1) is 11.3 Å². The van der Waals surface area contributed by atoms with Crippen molar-refractivity contribution >= 4 is 34.7 Å². The summed E-state index contributed by atoms with van der Waals surface area (Å²) >= 11 is 7.35. The first-order valence-corrected chi connectivity index (χ1v) is 8.36. The van der Waals surface area contributed by atoms with E-state index >= 15 is 0 Å². The number of Topliss-reactive ketones (excluding diaryl/α,β-unsaturated/α-hetero) is 1. The molecule has 0 saturated carbocycles. The van der Waals surface area contributed by atoms with Gasteiger partial charge >= 0.3 is 5.97 Å². The van der Waals surface area contributed by atoms with Crippen molar-refractivity contribution in [2.75, 3.05) is 0 Å². The predicted octanol–water partition coefficient (Wildman–Crippen LogP) is 4.37. The standard InChI is InChI=1S/C18H12ClNO3S/c19-13-6-1-2-7-14(13)23-18(22)16(15-8-4-10-24-15)17(21)12-5-3-9-20-11-12/h1-11,16H. The van der Waals surface area contributed by atoms with Gasteiger partial charge in [-0.05, 0) is 35.7 Å². The second-order valence-corrected chi connectivity index (χ2v) is 6.29. The van der Waals surface area contributed by atoms with Gasteiger partial charge < -0.3 is 4.74 Å². The van der Waals surface area contributed by atoms with Crippen LogP contribution in [-0.4, -0.2) is 16.7 Å². The Kier molecular flexibility index (Phi) is 5.03. The molecule has 6 heteroatoms. The van der Waals surface area contributed by atoms with Crippen LogP contribution in [0.25, 0.3) is 0 Å². The van der Waals surface area contributed by atoms with E-state index in [0.29, 0.717) is 15.5 Å². The van der Waals surface area contributed by atoms with E-state index in [0.717, 1.165) is 0 Å². The summed E-state index contributed by atoms with van der Waals surface area (Å²) in [5.41, 5.74) is 0.354. The smallest absolute Gasteiger partial charge is 0.327 e. The molecule has 3 rings (SSSR count). The van der Waals surface area contributed by atoms with Crippen molar-refractivity contribution in [3.05, 3.63) is 81.8 Å². The Labute approximate surface area is 147 Å². The molecule has 0 spiro atoms. The summed E-state index contributed by atoms with van der Waals surface area (Å²) in [5.74, 6) is -1.85. The topological polar surface area (TPSA) is 56.3 Å². The number of para-hydroxylation sites is 1. The fourth-order valence-electron chi connectivity index (χ4n) is 2.18. The fourth-order valence-corrected chi connectivity index (χ4v) is 3.16. The summed E-state index contributed by atoms with van der Waals surface area (Å²) in [6.07, 6.45) is 3.00. The number of hydrogen-bond donors (Lipinski definition) is 0. The highest BCUT2D eigenvalue weighted by molar-refractivity contribution is 7.10. The van der Waals surface area contributed by atoms with Gasteiger partial charge in [0, 0.05) is 22.8 Å². The number of benzene rings is 1. The third-order valence-electron chi connectivity index (χ3n) is 3.32. The number of hydrogen-bond acceptors (Lipinski definition) is 5. The maximum Gasteiger partial charge on any atom is 0.327 e. The predicted molar refractivity (Wildman–Crippen MR) is 92.7 cm³/mol. The summed E-state index contributed by atoms with van der Waals surface area (Å²) in [4.78, 5) is 30.0. The maximum absolute atomic E-state index is 12.8. The summed E-state index contributed by atoms with van der Waals surface area (Å²) in [6, 6.07) is 13.4. The second-order valence-electron chi connectivity index (χ2n) is 4.91. The number of ether oxygens (including phenoxy) is 1. The molecule has 0 amide bonds. The van der Waals surface area contributed by atoms with Crippen molar-refractivity contribution in [2.45, 2.75) is 5.92 Å². The zero-order chi connectivity index (χ0) is 16.9. The second kappa shape index (κ2) is 7.38. The summed E-state index contributed by atoms with van der Waals surface area (Å²) in [7, 11) is 0. The lowest BCUT2D eigenvalue weighted by atomic mass is 9.97. The van der Waals surface area contributed by atoms with Crippen molar-refractivity contribution in [1.29, 1.82) is 0 Å². The van der Waals surface area contributed by atoms with Crippen molar-refractivity contribution in [3.8, 4) is 5.75 Å². The van der Waals surface area contributed by atoms with Crippen LogP contribution >= 0.6 is 22.9 Å². The number of nitrogens with zero attached hydrogens (tertiary/aromatic N) is 1. The third-order valence-corrected chi connectivity index (χ3v) is 4.57. The Morgan fingerprint density at radius 3 is 2.58 bits per heavy atom. The van der Waals surface area contributed by atoms with Crippen LogP contribution in [0.4, 0.5) is 0 Å². The lowest BCUT2D eigenvalue weighted by molar-refractivity contribution is -0.134.